The van der Waals surface area contributed by atoms with E-state index in [4.69, 9.17) is 0 Å². The van der Waals surface area contributed by atoms with Crippen molar-refractivity contribution in [3.8, 4) is 0 Å². The van der Waals surface area contributed by atoms with Crippen LogP contribution in [0, 0.1) is 0 Å². The predicted octanol–water partition coefficient (Wildman–Crippen LogP) is -1.95. The van der Waals surface area contributed by atoms with Crippen molar-refractivity contribution in [1.29, 1.82) is 0 Å². The molecule has 0 unspecified atom stereocenters. The maximum Gasteiger partial charge on any atom is 0.198 e. The summed E-state index contributed by atoms with van der Waals surface area (Å²) < 4.78 is 3.81. The number of hydrogen-bond donors (Lipinski definition) is 0. The van der Waals surface area contributed by atoms with Gasteiger partial charge < -0.3 is 24.0 Å². The standard InChI is InChI=1S/C10H12N3.HI/c1-3-8-13-10-7-5-4-6-9(10)12(2)11-13;/h3-7H,1,8H2,2H3;1H/q+1;/p-1. The summed E-state index contributed by atoms with van der Waals surface area (Å²) in [5.41, 5.74) is 2.29. The summed E-state index contributed by atoms with van der Waals surface area (Å²) in [5, 5.41) is 4.34. The van der Waals surface area contributed by atoms with E-state index >= 15 is 0 Å². The van der Waals surface area contributed by atoms with Gasteiger partial charge in [0.15, 0.2) is 11.0 Å². The second-order valence-corrected chi connectivity index (χ2v) is 2.97. The molecule has 0 saturated carbocycles. The molecule has 0 fully saturated rings. The van der Waals surface area contributed by atoms with Gasteiger partial charge >= 0.3 is 0 Å². The molecule has 74 valence electrons. The van der Waals surface area contributed by atoms with E-state index in [-0.39, 0.29) is 24.0 Å². The number of fused-ring (bicyclic) bond motifs is 1. The van der Waals surface area contributed by atoms with Gasteiger partial charge in [-0.3, -0.25) is 0 Å². The van der Waals surface area contributed by atoms with Crippen molar-refractivity contribution in [2.75, 3.05) is 0 Å². The molecule has 2 aromatic rings. The Bertz CT molecular complexity index is 448. The highest BCUT2D eigenvalue weighted by molar-refractivity contribution is 5.70. The third kappa shape index (κ3) is 1.79. The molecule has 1 heterocycles. The van der Waals surface area contributed by atoms with Gasteiger partial charge in [-0.2, -0.15) is 0 Å². The normalized spacial score (nSPS) is 9.79. The Labute approximate surface area is 100 Å². The minimum Gasteiger partial charge on any atom is -1.00 e. The summed E-state index contributed by atoms with van der Waals surface area (Å²) in [6, 6.07) is 8.15. The van der Waals surface area contributed by atoms with E-state index in [0.717, 1.165) is 17.6 Å². The molecule has 1 aromatic heterocycles. The molecule has 0 atom stereocenters. The second kappa shape index (κ2) is 4.54. The molecule has 14 heavy (non-hydrogen) atoms. The average Bonchev–Trinajstić information content (AvgIpc) is 2.46. The van der Waals surface area contributed by atoms with Crippen molar-refractivity contribution in [1.82, 2.24) is 9.90 Å². The fourth-order valence-corrected chi connectivity index (χ4v) is 1.47. The van der Waals surface area contributed by atoms with Gasteiger partial charge in [0.25, 0.3) is 0 Å². The lowest BCUT2D eigenvalue weighted by atomic mass is 10.3. The Morgan fingerprint density at radius 1 is 1.50 bits per heavy atom. The Kier molecular flexibility index (Phi) is 3.62. The molecule has 1 aromatic carbocycles. The number of aryl methyl sites for hydroxylation is 1. The molecule has 0 amide bonds. The van der Waals surface area contributed by atoms with Crippen molar-refractivity contribution >= 4 is 11.0 Å². The third-order valence-electron chi connectivity index (χ3n) is 2.05. The number of hydrogen-bond acceptors (Lipinski definition) is 1. The van der Waals surface area contributed by atoms with E-state index in [1.807, 2.05) is 34.6 Å². The molecule has 2 rings (SSSR count). The van der Waals surface area contributed by atoms with Gasteiger partial charge in [0, 0.05) is 0 Å². The van der Waals surface area contributed by atoms with Gasteiger partial charge in [0.1, 0.15) is 13.6 Å². The van der Waals surface area contributed by atoms with Crippen molar-refractivity contribution in [2.45, 2.75) is 6.54 Å². The summed E-state index contributed by atoms with van der Waals surface area (Å²) >= 11 is 0. The lowest BCUT2D eigenvalue weighted by molar-refractivity contribution is -0.709. The topological polar surface area (TPSA) is 21.7 Å². The highest BCUT2D eigenvalue weighted by atomic mass is 127. The Morgan fingerprint density at radius 3 is 2.93 bits per heavy atom. The monoisotopic (exact) mass is 301 g/mol. The summed E-state index contributed by atoms with van der Waals surface area (Å²) in [6.45, 7) is 4.45. The molecular weight excluding hydrogens is 289 g/mol. The highest BCUT2D eigenvalue weighted by Crippen LogP contribution is 2.07. The number of allylic oxidation sites excluding steroid dienone is 1. The van der Waals surface area contributed by atoms with Crippen LogP contribution in [0.15, 0.2) is 36.9 Å². The molecule has 0 aliphatic carbocycles. The fraction of sp³-hybridized carbons (Fsp3) is 0.200. The smallest absolute Gasteiger partial charge is 0.198 e. The van der Waals surface area contributed by atoms with Crippen LogP contribution in [0.4, 0.5) is 0 Å². The molecule has 0 bridgehead atoms. The van der Waals surface area contributed by atoms with Crippen LogP contribution in [-0.2, 0) is 13.6 Å². The van der Waals surface area contributed by atoms with E-state index in [0.29, 0.717) is 0 Å². The second-order valence-electron chi connectivity index (χ2n) is 2.97. The SMILES string of the molecule is C=CCn1n[n+](C)c2ccccc21.[I-]. The number of rotatable bonds is 2. The maximum absolute atomic E-state index is 4.34. The lowest BCUT2D eigenvalue weighted by Crippen LogP contribution is -3.00. The molecule has 0 spiro atoms. The molecule has 3 nitrogen and oxygen atoms in total. The largest absolute Gasteiger partial charge is 1.00 e. The van der Waals surface area contributed by atoms with Crippen LogP contribution in [0.2, 0.25) is 0 Å². The Balaban J connectivity index is 0.000000980. The molecule has 0 aliphatic heterocycles. The van der Waals surface area contributed by atoms with Gasteiger partial charge in [-0.05, 0) is 18.2 Å². The van der Waals surface area contributed by atoms with Gasteiger partial charge in [-0.1, -0.05) is 18.7 Å². The summed E-state index contributed by atoms with van der Waals surface area (Å²) in [5.74, 6) is 0. The van der Waals surface area contributed by atoms with Crippen molar-refractivity contribution in [3.63, 3.8) is 0 Å². The Hall–Kier alpha value is -0.910. The lowest BCUT2D eigenvalue weighted by Gasteiger charge is -1.86. The van der Waals surface area contributed by atoms with E-state index in [1.165, 1.54) is 0 Å². The highest BCUT2D eigenvalue weighted by Gasteiger charge is 2.11. The molecule has 0 N–H and O–H groups in total. The zero-order chi connectivity index (χ0) is 9.26. The van der Waals surface area contributed by atoms with E-state index in [2.05, 4.69) is 23.9 Å². The molecule has 0 saturated heterocycles. The predicted molar refractivity (Wildman–Crippen MR) is 51.1 cm³/mol. The van der Waals surface area contributed by atoms with Gasteiger partial charge in [0.2, 0.25) is 0 Å². The summed E-state index contributed by atoms with van der Waals surface area (Å²) in [4.78, 5) is 0. The zero-order valence-corrected chi connectivity index (χ0v) is 10.2. The molecule has 4 heteroatoms. The zero-order valence-electron chi connectivity index (χ0n) is 8.02. The third-order valence-corrected chi connectivity index (χ3v) is 2.05. The van der Waals surface area contributed by atoms with Crippen LogP contribution >= 0.6 is 0 Å². The van der Waals surface area contributed by atoms with Crippen LogP contribution in [0.5, 0.6) is 0 Å². The quantitative estimate of drug-likeness (QED) is 0.359. The van der Waals surface area contributed by atoms with Crippen LogP contribution in [0.25, 0.3) is 11.0 Å². The Morgan fingerprint density at radius 2 is 2.21 bits per heavy atom. The first-order valence-electron chi connectivity index (χ1n) is 4.25. The van der Waals surface area contributed by atoms with Gasteiger partial charge in [-0.25, -0.2) is 0 Å². The minimum absolute atomic E-state index is 0. The first kappa shape index (κ1) is 11.2. The van der Waals surface area contributed by atoms with E-state index < -0.39 is 0 Å². The van der Waals surface area contributed by atoms with Crippen LogP contribution in [0.3, 0.4) is 0 Å². The molecule has 0 radical (unpaired) electrons. The van der Waals surface area contributed by atoms with Crippen LogP contribution < -0.4 is 28.7 Å². The molecular formula is C10H12IN3. The summed E-state index contributed by atoms with van der Waals surface area (Å²) in [7, 11) is 1.95. The first-order valence-corrected chi connectivity index (χ1v) is 4.25. The number of nitrogens with zero attached hydrogens (tertiary/aromatic N) is 3. The van der Waals surface area contributed by atoms with Gasteiger partial charge in [-0.15, -0.1) is 9.36 Å². The summed E-state index contributed by atoms with van der Waals surface area (Å²) in [6.07, 6.45) is 1.85. The first-order chi connectivity index (χ1) is 6.33. The average molecular weight is 301 g/mol. The number of aromatic nitrogens is 3. The van der Waals surface area contributed by atoms with E-state index in [1.54, 1.807) is 0 Å². The molecule has 0 aliphatic rings. The minimum atomic E-state index is 0. The van der Waals surface area contributed by atoms with Crippen molar-refractivity contribution < 1.29 is 28.7 Å². The van der Waals surface area contributed by atoms with Crippen LogP contribution in [0.1, 0.15) is 0 Å². The van der Waals surface area contributed by atoms with Gasteiger partial charge in [0.05, 0.1) is 5.21 Å². The number of benzene rings is 1. The van der Waals surface area contributed by atoms with E-state index in [9.17, 15) is 0 Å². The van der Waals surface area contributed by atoms with Crippen molar-refractivity contribution in [3.05, 3.63) is 36.9 Å². The fourth-order valence-electron chi connectivity index (χ4n) is 1.47. The van der Waals surface area contributed by atoms with Crippen LogP contribution in [-0.4, -0.2) is 9.90 Å². The number of para-hydroxylation sites is 2. The number of halogens is 1. The maximum atomic E-state index is 4.34. The van der Waals surface area contributed by atoms with Crippen molar-refractivity contribution in [2.24, 2.45) is 7.05 Å².